The van der Waals surface area contributed by atoms with Crippen molar-refractivity contribution in [3.05, 3.63) is 110 Å². The maximum Gasteiger partial charge on any atom is 0.433 e. The summed E-state index contributed by atoms with van der Waals surface area (Å²) >= 11 is 5.99. The number of benzene rings is 2. The highest BCUT2D eigenvalue weighted by Crippen LogP contribution is 2.33. The molecule has 0 amide bonds. The summed E-state index contributed by atoms with van der Waals surface area (Å²) in [6, 6.07) is 11.1. The molecule has 13 heteroatoms. The van der Waals surface area contributed by atoms with Gasteiger partial charge in [0.25, 0.3) is 5.56 Å². The van der Waals surface area contributed by atoms with Crippen molar-refractivity contribution in [1.82, 2.24) is 24.0 Å². The molecule has 7 nitrogen and oxygen atoms in total. The number of aromatic nitrogens is 5. The molecule has 0 saturated carbocycles. The molecular formula is C25H15ClF5N5O2. The largest absolute Gasteiger partial charge is 0.433 e. The highest BCUT2D eigenvalue weighted by Gasteiger charge is 2.32. The molecule has 0 fully saturated rings. The van der Waals surface area contributed by atoms with Crippen LogP contribution in [0.2, 0.25) is 5.02 Å². The van der Waals surface area contributed by atoms with Crippen LogP contribution >= 0.6 is 11.6 Å². The van der Waals surface area contributed by atoms with Gasteiger partial charge in [-0.2, -0.15) is 17.7 Å². The first kappa shape index (κ1) is 25.3. The van der Waals surface area contributed by atoms with Crippen LogP contribution in [-0.4, -0.2) is 24.0 Å². The van der Waals surface area contributed by atoms with E-state index in [1.54, 1.807) is 12.1 Å². The van der Waals surface area contributed by atoms with E-state index < -0.39 is 34.8 Å². The Labute approximate surface area is 215 Å². The first-order valence-corrected chi connectivity index (χ1v) is 11.3. The van der Waals surface area contributed by atoms with Crippen LogP contribution in [0.15, 0.2) is 70.4 Å². The Morgan fingerprint density at radius 3 is 2.18 bits per heavy atom. The molecule has 0 atom stereocenters. The van der Waals surface area contributed by atoms with Gasteiger partial charge in [0.15, 0.2) is 17.3 Å². The average molecular weight is 548 g/mol. The lowest BCUT2D eigenvalue weighted by Crippen LogP contribution is -2.33. The number of aryl methyl sites for hydroxylation is 1. The van der Waals surface area contributed by atoms with Crippen molar-refractivity contribution in [2.75, 3.05) is 0 Å². The fourth-order valence-electron chi connectivity index (χ4n) is 4.07. The minimum atomic E-state index is -4.63. The lowest BCUT2D eigenvalue weighted by atomic mass is 9.96. The van der Waals surface area contributed by atoms with Gasteiger partial charge in [-0.3, -0.25) is 9.78 Å². The van der Waals surface area contributed by atoms with Crippen LogP contribution in [0.4, 0.5) is 22.0 Å². The number of nitrogens with zero attached hydrogens (tertiary/aromatic N) is 5. The predicted octanol–water partition coefficient (Wildman–Crippen LogP) is 4.92. The van der Waals surface area contributed by atoms with Crippen molar-refractivity contribution in [3.63, 3.8) is 0 Å². The van der Waals surface area contributed by atoms with Crippen molar-refractivity contribution in [2.24, 2.45) is 7.05 Å². The van der Waals surface area contributed by atoms with Gasteiger partial charge in [-0.15, -0.1) is 5.10 Å². The quantitative estimate of drug-likeness (QED) is 0.299. The monoisotopic (exact) mass is 547 g/mol. The number of hydrogen-bond donors (Lipinski definition) is 0. The molecule has 194 valence electrons. The number of halogens is 6. The maximum atomic E-state index is 14.3. The van der Waals surface area contributed by atoms with Crippen LogP contribution in [0.1, 0.15) is 11.3 Å². The topological polar surface area (TPSA) is 74.2 Å². The van der Waals surface area contributed by atoms with Crippen LogP contribution in [0.5, 0.6) is 0 Å². The van der Waals surface area contributed by atoms with E-state index in [0.29, 0.717) is 10.6 Å². The van der Waals surface area contributed by atoms with Gasteiger partial charge < -0.3 is 0 Å². The van der Waals surface area contributed by atoms with Crippen molar-refractivity contribution in [3.8, 4) is 22.3 Å². The Bertz CT molecular complexity index is 1810. The summed E-state index contributed by atoms with van der Waals surface area (Å²) in [7, 11) is 1.33. The van der Waals surface area contributed by atoms with E-state index in [0.717, 1.165) is 44.3 Å². The van der Waals surface area contributed by atoms with Crippen LogP contribution in [0.25, 0.3) is 27.9 Å². The molecule has 0 saturated heterocycles. The van der Waals surface area contributed by atoms with Crippen LogP contribution in [0, 0.1) is 11.6 Å². The van der Waals surface area contributed by atoms with E-state index in [2.05, 4.69) is 10.1 Å². The van der Waals surface area contributed by atoms with E-state index in [1.165, 1.54) is 25.2 Å². The molecule has 0 aliphatic carbocycles. The first-order valence-electron chi connectivity index (χ1n) is 10.9. The fourth-order valence-corrected chi connectivity index (χ4v) is 4.19. The SMILES string of the molecule is Cn1c(=O)c(-c2ccc(Cl)cc2)c(-c2ccc(F)c(F)c2)c2nn(Cc3ccc(C(F)(F)F)nc3)c(=O)n21. The number of rotatable bonds is 4. The van der Waals surface area contributed by atoms with Gasteiger partial charge >= 0.3 is 11.9 Å². The Kier molecular flexibility index (Phi) is 6.14. The minimum absolute atomic E-state index is 0.0516. The summed E-state index contributed by atoms with van der Waals surface area (Å²) in [5.41, 5.74) is -1.79. The Hall–Kier alpha value is -4.32. The molecule has 0 aliphatic heterocycles. The van der Waals surface area contributed by atoms with Crippen LogP contribution in [0.3, 0.4) is 0 Å². The standard InChI is InChI=1S/C25H15ClF5N5O2/c1-34-23(37)21(14-3-6-16(26)7-4-14)20(15-5-8-17(27)18(28)10-15)22-33-35(24(38)36(22)34)12-13-2-9-19(32-11-13)25(29,30)31/h2-11H,12H2,1H3. The lowest BCUT2D eigenvalue weighted by Gasteiger charge is -2.14. The van der Waals surface area contributed by atoms with E-state index >= 15 is 0 Å². The van der Waals surface area contributed by atoms with Crippen molar-refractivity contribution < 1.29 is 22.0 Å². The maximum absolute atomic E-state index is 14.3. The first-order chi connectivity index (χ1) is 18.0. The molecule has 5 rings (SSSR count). The highest BCUT2D eigenvalue weighted by molar-refractivity contribution is 6.30. The zero-order valence-corrected chi connectivity index (χ0v) is 20.1. The summed E-state index contributed by atoms with van der Waals surface area (Å²) < 4.78 is 69.5. The molecule has 0 radical (unpaired) electrons. The van der Waals surface area contributed by atoms with Crippen molar-refractivity contribution >= 4 is 17.2 Å². The number of hydrogen-bond acceptors (Lipinski definition) is 4. The lowest BCUT2D eigenvalue weighted by molar-refractivity contribution is -0.141. The molecule has 5 aromatic rings. The second-order valence-corrected chi connectivity index (χ2v) is 8.78. The van der Waals surface area contributed by atoms with Gasteiger partial charge in [-0.25, -0.2) is 22.9 Å². The van der Waals surface area contributed by atoms with E-state index in [1.807, 2.05) is 0 Å². The van der Waals surface area contributed by atoms with Crippen molar-refractivity contribution in [2.45, 2.75) is 12.7 Å². The molecule has 38 heavy (non-hydrogen) atoms. The van der Waals surface area contributed by atoms with Gasteiger partial charge in [-0.1, -0.05) is 35.9 Å². The molecule has 0 unspecified atom stereocenters. The molecule has 0 bridgehead atoms. The fraction of sp³-hybridized carbons (Fsp3) is 0.120. The molecule has 0 aliphatic rings. The number of alkyl halides is 3. The molecule has 0 spiro atoms. The third kappa shape index (κ3) is 4.36. The molecule has 0 N–H and O–H groups in total. The second-order valence-electron chi connectivity index (χ2n) is 8.34. The summed E-state index contributed by atoms with van der Waals surface area (Å²) in [5, 5.41) is 4.72. The third-order valence-corrected chi connectivity index (χ3v) is 6.14. The van der Waals surface area contributed by atoms with Gasteiger partial charge in [0.05, 0.1) is 12.1 Å². The Morgan fingerprint density at radius 1 is 0.895 bits per heavy atom. The number of fused-ring (bicyclic) bond motifs is 1. The molecule has 2 aromatic carbocycles. The molecule has 3 heterocycles. The van der Waals surface area contributed by atoms with E-state index in [-0.39, 0.29) is 34.4 Å². The number of pyridine rings is 1. The van der Waals surface area contributed by atoms with Gasteiger partial charge in [0, 0.05) is 23.8 Å². The summed E-state index contributed by atoms with van der Waals surface area (Å²) in [6.45, 7) is -0.270. The van der Waals surface area contributed by atoms with Crippen LogP contribution in [-0.2, 0) is 19.8 Å². The molecule has 3 aromatic heterocycles. The Morgan fingerprint density at radius 2 is 1.58 bits per heavy atom. The zero-order chi connectivity index (χ0) is 27.4. The zero-order valence-electron chi connectivity index (χ0n) is 19.3. The smallest absolute Gasteiger partial charge is 0.267 e. The third-order valence-electron chi connectivity index (χ3n) is 5.89. The predicted molar refractivity (Wildman–Crippen MR) is 129 cm³/mol. The van der Waals surface area contributed by atoms with Crippen LogP contribution < -0.4 is 11.2 Å². The van der Waals surface area contributed by atoms with Crippen molar-refractivity contribution in [1.29, 1.82) is 0 Å². The summed E-state index contributed by atoms with van der Waals surface area (Å²) in [6.07, 6.45) is -3.66. The second kappa shape index (κ2) is 9.21. The summed E-state index contributed by atoms with van der Waals surface area (Å²) in [5.74, 6) is -2.29. The van der Waals surface area contributed by atoms with E-state index in [9.17, 15) is 31.5 Å². The average Bonchev–Trinajstić information content (AvgIpc) is 3.19. The normalized spacial score (nSPS) is 11.9. The Balaban J connectivity index is 1.77. The van der Waals surface area contributed by atoms with Gasteiger partial charge in [0.1, 0.15) is 5.69 Å². The van der Waals surface area contributed by atoms with Gasteiger partial charge in [-0.05, 0) is 47.0 Å². The van der Waals surface area contributed by atoms with Gasteiger partial charge in [0.2, 0.25) is 0 Å². The highest BCUT2D eigenvalue weighted by atomic mass is 35.5. The minimum Gasteiger partial charge on any atom is -0.267 e. The summed E-state index contributed by atoms with van der Waals surface area (Å²) in [4.78, 5) is 30.2. The molecular weight excluding hydrogens is 533 g/mol. The van der Waals surface area contributed by atoms with E-state index in [4.69, 9.17) is 11.6 Å².